The highest BCUT2D eigenvalue weighted by Gasteiger charge is 2.30. The van der Waals surface area contributed by atoms with Gasteiger partial charge in [0, 0.05) is 19.1 Å². The Bertz CT molecular complexity index is 644. The molecule has 118 valence electrons. The zero-order valence-electron chi connectivity index (χ0n) is 13.1. The molecule has 0 bridgehead atoms. The topological polar surface area (TPSA) is 54.5 Å². The Balaban J connectivity index is 1.60. The van der Waals surface area contributed by atoms with Gasteiger partial charge in [0.1, 0.15) is 5.60 Å². The molecule has 0 aliphatic carbocycles. The van der Waals surface area contributed by atoms with Crippen molar-refractivity contribution in [3.05, 3.63) is 24.3 Å². The summed E-state index contributed by atoms with van der Waals surface area (Å²) in [6.07, 6.45) is 0.677. The van der Waals surface area contributed by atoms with Crippen LogP contribution in [0.3, 0.4) is 0 Å². The summed E-state index contributed by atoms with van der Waals surface area (Å²) in [5.41, 5.74) is 0.562. The first-order valence-electron chi connectivity index (χ1n) is 7.51. The van der Waals surface area contributed by atoms with Gasteiger partial charge in [-0.1, -0.05) is 23.5 Å². The quantitative estimate of drug-likeness (QED) is 0.916. The summed E-state index contributed by atoms with van der Waals surface area (Å²) in [6.45, 7) is 7.04. The number of nitrogens with one attached hydrogen (secondary N) is 1. The Hall–Kier alpha value is -1.82. The number of fused-ring (bicyclic) bond motifs is 1. The zero-order valence-corrected chi connectivity index (χ0v) is 13.9. The Kier molecular flexibility index (Phi) is 3.95. The molecular weight excluding hydrogens is 298 g/mol. The minimum absolute atomic E-state index is 0.230. The van der Waals surface area contributed by atoms with Crippen molar-refractivity contribution < 1.29 is 9.53 Å². The van der Waals surface area contributed by atoms with Crippen LogP contribution in [0.1, 0.15) is 27.2 Å². The average molecular weight is 319 g/mol. The van der Waals surface area contributed by atoms with Crippen molar-refractivity contribution >= 4 is 32.8 Å². The maximum absolute atomic E-state index is 12.1. The number of amides is 1. The maximum atomic E-state index is 12.1. The van der Waals surface area contributed by atoms with Gasteiger partial charge in [0.15, 0.2) is 5.13 Å². The largest absolute Gasteiger partial charge is 0.444 e. The van der Waals surface area contributed by atoms with Crippen LogP contribution in [0.4, 0.5) is 9.93 Å². The van der Waals surface area contributed by atoms with Gasteiger partial charge in [0.2, 0.25) is 0 Å². The van der Waals surface area contributed by atoms with Crippen LogP contribution in [-0.4, -0.2) is 40.7 Å². The summed E-state index contributed by atoms with van der Waals surface area (Å²) in [4.78, 5) is 18.4. The van der Waals surface area contributed by atoms with Gasteiger partial charge in [-0.15, -0.1) is 0 Å². The Morgan fingerprint density at radius 3 is 2.91 bits per heavy atom. The number of hydrogen-bond donors (Lipinski definition) is 1. The fraction of sp³-hybridized carbons (Fsp3) is 0.500. The fourth-order valence-corrected chi connectivity index (χ4v) is 3.42. The molecule has 22 heavy (non-hydrogen) atoms. The molecule has 1 fully saturated rings. The van der Waals surface area contributed by atoms with E-state index in [1.54, 1.807) is 16.2 Å². The van der Waals surface area contributed by atoms with Crippen LogP contribution in [0.2, 0.25) is 0 Å². The van der Waals surface area contributed by atoms with E-state index < -0.39 is 5.60 Å². The summed E-state index contributed by atoms with van der Waals surface area (Å²) in [5.74, 6) is 0. The van der Waals surface area contributed by atoms with Crippen molar-refractivity contribution in [3.8, 4) is 0 Å². The second kappa shape index (κ2) is 5.76. The van der Waals surface area contributed by atoms with Crippen molar-refractivity contribution in [1.29, 1.82) is 0 Å². The number of carbonyl (C=O) groups is 1. The molecule has 5 nitrogen and oxygen atoms in total. The van der Waals surface area contributed by atoms with Gasteiger partial charge < -0.3 is 15.0 Å². The number of hydrogen-bond acceptors (Lipinski definition) is 5. The SMILES string of the molecule is CC(C)(C)OC(=O)N1CC[C@@H](Nc2nc3ccccc3s2)C1. The van der Waals surface area contributed by atoms with Gasteiger partial charge in [-0.25, -0.2) is 9.78 Å². The van der Waals surface area contributed by atoms with E-state index in [-0.39, 0.29) is 12.1 Å². The lowest BCUT2D eigenvalue weighted by atomic mass is 10.2. The highest BCUT2D eigenvalue weighted by molar-refractivity contribution is 7.22. The standard InChI is InChI=1S/C16H21N3O2S/c1-16(2,3)21-15(20)19-9-8-11(10-19)17-14-18-12-6-4-5-7-13(12)22-14/h4-7,11H,8-10H2,1-3H3,(H,17,18)/t11-/m1/s1. The molecule has 1 aromatic heterocycles. The van der Waals surface area contributed by atoms with E-state index in [1.807, 2.05) is 39.0 Å². The molecule has 1 amide bonds. The molecule has 1 saturated heterocycles. The molecule has 0 radical (unpaired) electrons. The lowest BCUT2D eigenvalue weighted by Gasteiger charge is -2.24. The normalized spacial score (nSPS) is 18.7. The van der Waals surface area contributed by atoms with Crippen LogP contribution in [0.5, 0.6) is 0 Å². The molecule has 1 aliphatic heterocycles. The van der Waals surface area contributed by atoms with E-state index in [4.69, 9.17) is 4.74 Å². The third-order valence-corrected chi connectivity index (χ3v) is 4.43. The van der Waals surface area contributed by atoms with E-state index in [2.05, 4.69) is 16.4 Å². The number of anilines is 1. The van der Waals surface area contributed by atoms with Crippen LogP contribution in [0, 0.1) is 0 Å². The number of ether oxygens (including phenoxy) is 1. The Morgan fingerprint density at radius 2 is 2.18 bits per heavy atom. The lowest BCUT2D eigenvalue weighted by Crippen LogP contribution is -2.36. The van der Waals surface area contributed by atoms with Gasteiger partial charge in [0.05, 0.1) is 10.2 Å². The number of nitrogens with zero attached hydrogens (tertiary/aromatic N) is 2. The number of likely N-dealkylation sites (tertiary alicyclic amines) is 1. The number of benzene rings is 1. The maximum Gasteiger partial charge on any atom is 0.410 e. The van der Waals surface area contributed by atoms with Crippen molar-refractivity contribution in [2.45, 2.75) is 38.8 Å². The van der Waals surface area contributed by atoms with Crippen LogP contribution >= 0.6 is 11.3 Å². The van der Waals surface area contributed by atoms with Crippen LogP contribution in [0.15, 0.2) is 24.3 Å². The monoisotopic (exact) mass is 319 g/mol. The number of thiazole rings is 1. The highest BCUT2D eigenvalue weighted by Crippen LogP contribution is 2.27. The molecule has 0 unspecified atom stereocenters. The number of aromatic nitrogens is 1. The van der Waals surface area contributed by atoms with Crippen LogP contribution in [0.25, 0.3) is 10.2 Å². The number of rotatable bonds is 2. The van der Waals surface area contributed by atoms with E-state index in [0.29, 0.717) is 6.54 Å². The summed E-state index contributed by atoms with van der Waals surface area (Å²) in [6, 6.07) is 8.32. The van der Waals surface area contributed by atoms with Gasteiger partial charge in [-0.3, -0.25) is 0 Å². The smallest absolute Gasteiger partial charge is 0.410 e. The van der Waals surface area contributed by atoms with Crippen LogP contribution in [-0.2, 0) is 4.74 Å². The van der Waals surface area contributed by atoms with Gasteiger partial charge >= 0.3 is 6.09 Å². The third kappa shape index (κ3) is 3.50. The molecule has 1 aromatic carbocycles. The molecule has 6 heteroatoms. The van der Waals surface area contributed by atoms with Crippen LogP contribution < -0.4 is 5.32 Å². The van der Waals surface area contributed by atoms with Crippen molar-refractivity contribution in [2.75, 3.05) is 18.4 Å². The lowest BCUT2D eigenvalue weighted by molar-refractivity contribution is 0.0293. The predicted octanol–water partition coefficient (Wildman–Crippen LogP) is 3.72. The molecular formula is C16H21N3O2S. The number of para-hydroxylation sites is 1. The summed E-state index contributed by atoms with van der Waals surface area (Å²) >= 11 is 1.65. The van der Waals surface area contributed by atoms with E-state index in [0.717, 1.165) is 23.6 Å². The molecule has 2 aromatic rings. The van der Waals surface area contributed by atoms with Gasteiger partial charge in [0.25, 0.3) is 0 Å². The molecule has 3 rings (SSSR count). The first kappa shape index (κ1) is 15.1. The van der Waals surface area contributed by atoms with E-state index >= 15 is 0 Å². The molecule has 1 aliphatic rings. The third-order valence-electron chi connectivity index (χ3n) is 3.46. The summed E-state index contributed by atoms with van der Waals surface area (Å²) in [7, 11) is 0. The first-order chi connectivity index (χ1) is 10.4. The van der Waals surface area contributed by atoms with E-state index in [9.17, 15) is 4.79 Å². The van der Waals surface area contributed by atoms with Crippen molar-refractivity contribution in [3.63, 3.8) is 0 Å². The van der Waals surface area contributed by atoms with Crippen molar-refractivity contribution in [2.24, 2.45) is 0 Å². The average Bonchev–Trinajstić information content (AvgIpc) is 3.02. The Morgan fingerprint density at radius 1 is 1.41 bits per heavy atom. The predicted molar refractivity (Wildman–Crippen MR) is 89.5 cm³/mol. The molecule has 0 saturated carbocycles. The zero-order chi connectivity index (χ0) is 15.7. The summed E-state index contributed by atoms with van der Waals surface area (Å²) < 4.78 is 6.59. The fourth-order valence-electron chi connectivity index (χ4n) is 2.48. The minimum Gasteiger partial charge on any atom is -0.444 e. The molecule has 1 N–H and O–H groups in total. The highest BCUT2D eigenvalue weighted by atomic mass is 32.1. The second-order valence-corrected chi connectivity index (χ2v) is 7.57. The molecule has 0 spiro atoms. The first-order valence-corrected chi connectivity index (χ1v) is 8.32. The van der Waals surface area contributed by atoms with Gasteiger partial charge in [-0.2, -0.15) is 0 Å². The summed E-state index contributed by atoms with van der Waals surface area (Å²) in [5, 5.41) is 4.35. The Labute approximate surface area is 134 Å². The molecule has 1 atom stereocenters. The van der Waals surface area contributed by atoms with Gasteiger partial charge in [-0.05, 0) is 39.3 Å². The van der Waals surface area contributed by atoms with E-state index in [1.165, 1.54) is 4.70 Å². The number of carbonyl (C=O) groups excluding carboxylic acids is 1. The second-order valence-electron chi connectivity index (χ2n) is 6.54. The minimum atomic E-state index is -0.449. The molecule has 2 heterocycles. The van der Waals surface area contributed by atoms with Crippen molar-refractivity contribution in [1.82, 2.24) is 9.88 Å².